The van der Waals surface area contributed by atoms with E-state index in [1.165, 1.54) is 24.9 Å². The second-order valence-corrected chi connectivity index (χ2v) is 5.09. The lowest BCUT2D eigenvalue weighted by Gasteiger charge is -2.28. The Morgan fingerprint density at radius 2 is 1.95 bits per heavy atom. The van der Waals surface area contributed by atoms with Crippen molar-refractivity contribution in [3.63, 3.8) is 0 Å². The summed E-state index contributed by atoms with van der Waals surface area (Å²) in [5, 5.41) is 3.16. The molecule has 6 nitrogen and oxygen atoms in total. The maximum Gasteiger partial charge on any atom is 0.210 e. The third-order valence-corrected chi connectivity index (χ3v) is 3.55. The molecule has 2 rings (SSSR count). The standard InChI is InChI=1S/C15H25N5O/c1-21-12-9-17-15(19-16)18-13-5-7-14(8-6-13)20-10-3-2-4-11-20/h5-8H,2-4,9-12,16H2,1H3,(H2,17,18,19). The summed E-state index contributed by atoms with van der Waals surface area (Å²) in [5.74, 6) is 6.00. The number of guanidine groups is 1. The molecule has 1 saturated heterocycles. The monoisotopic (exact) mass is 291 g/mol. The summed E-state index contributed by atoms with van der Waals surface area (Å²) in [6.07, 6.45) is 3.92. The van der Waals surface area contributed by atoms with Crippen molar-refractivity contribution in [2.24, 2.45) is 10.8 Å². The van der Waals surface area contributed by atoms with Gasteiger partial charge in [0.1, 0.15) is 0 Å². The van der Waals surface area contributed by atoms with Gasteiger partial charge in [-0.25, -0.2) is 10.8 Å². The molecule has 0 unspecified atom stereocenters. The molecule has 1 aliphatic heterocycles. The molecular formula is C15H25N5O. The molecule has 0 spiro atoms. The number of benzene rings is 1. The van der Waals surface area contributed by atoms with Crippen LogP contribution in [-0.4, -0.2) is 39.3 Å². The lowest BCUT2D eigenvalue weighted by Crippen LogP contribution is -2.36. The highest BCUT2D eigenvalue weighted by Crippen LogP contribution is 2.21. The van der Waals surface area contributed by atoms with Crippen LogP contribution in [0.25, 0.3) is 0 Å². The van der Waals surface area contributed by atoms with E-state index >= 15 is 0 Å². The molecule has 0 saturated carbocycles. The number of ether oxygens (including phenoxy) is 1. The fourth-order valence-corrected chi connectivity index (χ4v) is 2.41. The Labute approximate surface area is 126 Å². The van der Waals surface area contributed by atoms with Gasteiger partial charge in [0.25, 0.3) is 0 Å². The molecule has 116 valence electrons. The van der Waals surface area contributed by atoms with Crippen LogP contribution in [0.2, 0.25) is 0 Å². The second kappa shape index (κ2) is 8.49. The fourth-order valence-electron chi connectivity index (χ4n) is 2.41. The molecule has 21 heavy (non-hydrogen) atoms. The summed E-state index contributed by atoms with van der Waals surface area (Å²) in [4.78, 5) is 6.71. The van der Waals surface area contributed by atoms with Crippen molar-refractivity contribution in [1.29, 1.82) is 0 Å². The molecule has 0 aliphatic carbocycles. The first-order valence-electron chi connectivity index (χ1n) is 7.45. The molecule has 0 bridgehead atoms. The molecule has 0 radical (unpaired) electrons. The van der Waals surface area contributed by atoms with Crippen LogP contribution in [0.15, 0.2) is 29.3 Å². The van der Waals surface area contributed by atoms with Crippen LogP contribution >= 0.6 is 0 Å². The van der Waals surface area contributed by atoms with Crippen LogP contribution in [0.1, 0.15) is 19.3 Å². The molecule has 1 heterocycles. The van der Waals surface area contributed by atoms with Gasteiger partial charge in [0, 0.05) is 31.6 Å². The SMILES string of the molecule is COCCN=C(NN)Nc1ccc(N2CCCCC2)cc1. The first-order chi connectivity index (χ1) is 10.3. The van der Waals surface area contributed by atoms with Crippen molar-refractivity contribution < 1.29 is 4.74 Å². The molecule has 1 aromatic carbocycles. The van der Waals surface area contributed by atoms with Gasteiger partial charge in [-0.3, -0.25) is 5.43 Å². The zero-order chi connectivity index (χ0) is 14.9. The highest BCUT2D eigenvalue weighted by atomic mass is 16.5. The minimum Gasteiger partial charge on any atom is -0.383 e. The Hall–Kier alpha value is -1.79. The molecule has 1 aromatic rings. The quantitative estimate of drug-likeness (QED) is 0.252. The van der Waals surface area contributed by atoms with Gasteiger partial charge in [0.15, 0.2) is 0 Å². The van der Waals surface area contributed by atoms with E-state index in [4.69, 9.17) is 10.6 Å². The van der Waals surface area contributed by atoms with Crippen LogP contribution in [0.5, 0.6) is 0 Å². The van der Waals surface area contributed by atoms with Crippen molar-refractivity contribution in [3.8, 4) is 0 Å². The first-order valence-corrected chi connectivity index (χ1v) is 7.45. The number of hydrogen-bond donors (Lipinski definition) is 3. The predicted octanol–water partition coefficient (Wildman–Crippen LogP) is 1.55. The van der Waals surface area contributed by atoms with Crippen molar-refractivity contribution in [2.75, 3.05) is 43.6 Å². The topological polar surface area (TPSA) is 74.9 Å². The number of aliphatic imine (C=N–C) groups is 1. The number of methoxy groups -OCH3 is 1. The lowest BCUT2D eigenvalue weighted by atomic mass is 10.1. The van der Waals surface area contributed by atoms with Gasteiger partial charge >= 0.3 is 0 Å². The highest BCUT2D eigenvalue weighted by Gasteiger charge is 2.10. The normalized spacial score (nSPS) is 15.9. The summed E-state index contributed by atoms with van der Waals surface area (Å²) >= 11 is 0. The molecular weight excluding hydrogens is 266 g/mol. The third-order valence-electron chi connectivity index (χ3n) is 3.55. The molecule has 0 aromatic heterocycles. The summed E-state index contributed by atoms with van der Waals surface area (Å²) in [6.45, 7) is 3.44. The number of nitrogens with one attached hydrogen (secondary N) is 2. The largest absolute Gasteiger partial charge is 0.383 e. The number of piperidine rings is 1. The lowest BCUT2D eigenvalue weighted by molar-refractivity contribution is 0.208. The average Bonchev–Trinajstić information content (AvgIpc) is 2.55. The van der Waals surface area contributed by atoms with Gasteiger partial charge in [0.05, 0.1) is 13.2 Å². The van der Waals surface area contributed by atoms with Crippen molar-refractivity contribution in [2.45, 2.75) is 19.3 Å². The molecule has 4 N–H and O–H groups in total. The van der Waals surface area contributed by atoms with Gasteiger partial charge in [-0.15, -0.1) is 0 Å². The van der Waals surface area contributed by atoms with E-state index in [1.54, 1.807) is 7.11 Å². The Morgan fingerprint density at radius 3 is 2.57 bits per heavy atom. The average molecular weight is 291 g/mol. The van der Waals surface area contributed by atoms with E-state index in [9.17, 15) is 0 Å². The fraction of sp³-hybridized carbons (Fsp3) is 0.533. The van der Waals surface area contributed by atoms with Crippen LogP contribution < -0.4 is 21.5 Å². The molecule has 1 aliphatic rings. The molecule has 0 amide bonds. The van der Waals surface area contributed by atoms with Crippen LogP contribution in [0, 0.1) is 0 Å². The third kappa shape index (κ3) is 4.91. The Bertz CT molecular complexity index is 440. The number of nitrogens with two attached hydrogens (primary N) is 1. The number of hydrogen-bond acceptors (Lipinski definition) is 4. The van der Waals surface area contributed by atoms with E-state index in [0.717, 1.165) is 18.8 Å². The Morgan fingerprint density at radius 1 is 1.24 bits per heavy atom. The van der Waals surface area contributed by atoms with Gasteiger partial charge in [-0.05, 0) is 43.5 Å². The zero-order valence-corrected chi connectivity index (χ0v) is 12.6. The van der Waals surface area contributed by atoms with Crippen molar-refractivity contribution >= 4 is 17.3 Å². The Balaban J connectivity index is 1.93. The number of nitrogens with zero attached hydrogens (tertiary/aromatic N) is 2. The second-order valence-electron chi connectivity index (χ2n) is 5.09. The highest BCUT2D eigenvalue weighted by molar-refractivity contribution is 5.93. The predicted molar refractivity (Wildman–Crippen MR) is 87.6 cm³/mol. The molecule has 6 heteroatoms. The molecule has 1 fully saturated rings. The summed E-state index contributed by atoms with van der Waals surface area (Å²) in [7, 11) is 1.65. The molecule has 0 atom stereocenters. The maximum atomic E-state index is 5.46. The van der Waals surface area contributed by atoms with Gasteiger partial charge < -0.3 is 15.0 Å². The minimum atomic E-state index is 0.540. The van der Waals surface area contributed by atoms with Gasteiger partial charge in [-0.1, -0.05) is 0 Å². The van der Waals surface area contributed by atoms with E-state index in [1.807, 2.05) is 12.1 Å². The van der Waals surface area contributed by atoms with Crippen LogP contribution in [0.4, 0.5) is 11.4 Å². The summed E-state index contributed by atoms with van der Waals surface area (Å²) < 4.78 is 4.96. The Kier molecular flexibility index (Phi) is 6.30. The van der Waals surface area contributed by atoms with Gasteiger partial charge in [0.2, 0.25) is 5.96 Å². The van der Waals surface area contributed by atoms with E-state index in [2.05, 4.69) is 32.8 Å². The van der Waals surface area contributed by atoms with Crippen LogP contribution in [-0.2, 0) is 4.74 Å². The van der Waals surface area contributed by atoms with E-state index < -0.39 is 0 Å². The number of anilines is 2. The maximum absolute atomic E-state index is 5.46. The van der Waals surface area contributed by atoms with E-state index in [0.29, 0.717) is 19.1 Å². The van der Waals surface area contributed by atoms with E-state index in [-0.39, 0.29) is 0 Å². The zero-order valence-electron chi connectivity index (χ0n) is 12.6. The van der Waals surface area contributed by atoms with Crippen LogP contribution in [0.3, 0.4) is 0 Å². The summed E-state index contributed by atoms with van der Waals surface area (Å²) in [6, 6.07) is 8.37. The van der Waals surface area contributed by atoms with Gasteiger partial charge in [-0.2, -0.15) is 0 Å². The smallest absolute Gasteiger partial charge is 0.210 e. The van der Waals surface area contributed by atoms with Crippen molar-refractivity contribution in [1.82, 2.24) is 5.43 Å². The number of hydrazine groups is 1. The summed E-state index contributed by atoms with van der Waals surface area (Å²) in [5.41, 5.74) is 4.80. The van der Waals surface area contributed by atoms with Crippen molar-refractivity contribution in [3.05, 3.63) is 24.3 Å². The number of rotatable bonds is 5. The first kappa shape index (κ1) is 15.6. The minimum absolute atomic E-state index is 0.540.